The second-order valence-electron chi connectivity index (χ2n) is 4.46. The average molecular weight is 444 g/mol. The number of nitrogens with zero attached hydrogens (tertiary/aromatic N) is 2. The van der Waals surface area contributed by atoms with E-state index in [1.54, 1.807) is 13.0 Å². The summed E-state index contributed by atoms with van der Waals surface area (Å²) in [6.07, 6.45) is 1.44. The second kappa shape index (κ2) is 7.51. The van der Waals surface area contributed by atoms with E-state index in [1.165, 1.54) is 19.4 Å². The van der Waals surface area contributed by atoms with E-state index in [1.807, 2.05) is 6.07 Å². The summed E-state index contributed by atoms with van der Waals surface area (Å²) in [4.78, 5) is 29.2. The quantitative estimate of drug-likeness (QED) is 0.560. The molecule has 1 aromatic heterocycles. The Morgan fingerprint density at radius 1 is 1.39 bits per heavy atom. The molecule has 0 bridgehead atoms. The molecule has 0 saturated carbocycles. The Morgan fingerprint density at radius 3 is 2.78 bits per heavy atom. The molecule has 7 nitrogen and oxygen atoms in total. The molecule has 1 amide bonds. The molecule has 0 saturated heterocycles. The molecule has 0 spiro atoms. The monoisotopic (exact) mass is 442 g/mol. The van der Waals surface area contributed by atoms with E-state index in [0.29, 0.717) is 17.0 Å². The maximum atomic E-state index is 11.9. The predicted molar refractivity (Wildman–Crippen MR) is 93.0 cm³/mol. The van der Waals surface area contributed by atoms with Crippen molar-refractivity contribution < 1.29 is 9.53 Å². The number of amides is 1. The van der Waals surface area contributed by atoms with Crippen molar-refractivity contribution in [1.29, 1.82) is 0 Å². The first-order valence-electron chi connectivity index (χ1n) is 6.35. The van der Waals surface area contributed by atoms with Crippen LogP contribution < -0.4 is 15.9 Å². The number of halogens is 2. The van der Waals surface area contributed by atoms with Crippen molar-refractivity contribution >= 4 is 44.0 Å². The molecule has 0 aliphatic rings. The second-order valence-corrected chi connectivity index (χ2v) is 6.23. The van der Waals surface area contributed by atoms with Crippen LogP contribution >= 0.6 is 31.9 Å². The number of benzene rings is 1. The van der Waals surface area contributed by atoms with Crippen LogP contribution in [0.15, 0.2) is 37.0 Å². The number of nitrogens with one attached hydrogen (secondary N) is 2. The standard InChI is InChI=1S/C14H12Br2N4O3/c1-7-3-11(19-14(22)18-7)13(21)20-17-6-8-4-9(15)5-10(16)12(8)23-2/h3-6H,1-2H3,(H,20,21)(H,18,19,22)/b17-6+. The first-order valence-corrected chi connectivity index (χ1v) is 7.93. The molecule has 2 rings (SSSR count). The molecular weight excluding hydrogens is 432 g/mol. The lowest BCUT2D eigenvalue weighted by Crippen LogP contribution is -2.24. The number of aryl methyl sites for hydroxylation is 1. The third-order valence-corrected chi connectivity index (χ3v) is 3.77. The molecule has 120 valence electrons. The minimum Gasteiger partial charge on any atom is -0.495 e. The summed E-state index contributed by atoms with van der Waals surface area (Å²) in [5, 5.41) is 3.87. The van der Waals surface area contributed by atoms with E-state index in [0.717, 1.165) is 8.95 Å². The van der Waals surface area contributed by atoms with E-state index >= 15 is 0 Å². The normalized spacial score (nSPS) is 10.8. The molecular formula is C14H12Br2N4O3. The number of hydrogen-bond donors (Lipinski definition) is 2. The summed E-state index contributed by atoms with van der Waals surface area (Å²) in [7, 11) is 1.53. The van der Waals surface area contributed by atoms with Crippen LogP contribution in [-0.4, -0.2) is 29.2 Å². The maximum absolute atomic E-state index is 11.9. The van der Waals surface area contributed by atoms with Gasteiger partial charge >= 0.3 is 5.69 Å². The van der Waals surface area contributed by atoms with Crippen molar-refractivity contribution in [1.82, 2.24) is 15.4 Å². The first kappa shape index (κ1) is 17.4. The molecule has 0 radical (unpaired) electrons. The average Bonchev–Trinajstić information content (AvgIpc) is 2.45. The lowest BCUT2D eigenvalue weighted by Gasteiger charge is -2.07. The topological polar surface area (TPSA) is 96.4 Å². The minimum atomic E-state index is -0.586. The van der Waals surface area contributed by atoms with Crippen molar-refractivity contribution in [2.75, 3.05) is 7.11 Å². The molecule has 9 heteroatoms. The van der Waals surface area contributed by atoms with Gasteiger partial charge in [-0.25, -0.2) is 10.2 Å². The summed E-state index contributed by atoms with van der Waals surface area (Å²) in [5.74, 6) is -0.000182. The highest BCUT2D eigenvalue weighted by Gasteiger charge is 2.09. The molecule has 0 fully saturated rings. The Labute approximate surface area is 148 Å². The number of aromatic nitrogens is 2. The van der Waals surface area contributed by atoms with Gasteiger partial charge in [-0.3, -0.25) is 4.79 Å². The van der Waals surface area contributed by atoms with Crippen LogP contribution in [0.3, 0.4) is 0 Å². The van der Waals surface area contributed by atoms with Gasteiger partial charge in [0.25, 0.3) is 5.91 Å². The van der Waals surface area contributed by atoms with Gasteiger partial charge in [0, 0.05) is 15.7 Å². The number of hydrogen-bond acceptors (Lipinski definition) is 5. The Kier molecular flexibility index (Phi) is 5.67. The smallest absolute Gasteiger partial charge is 0.345 e. The van der Waals surface area contributed by atoms with E-state index in [9.17, 15) is 9.59 Å². The Hall–Kier alpha value is -2.00. The number of aromatic amines is 1. The number of rotatable bonds is 4. The van der Waals surface area contributed by atoms with Crippen molar-refractivity contribution in [2.45, 2.75) is 6.92 Å². The molecule has 2 N–H and O–H groups in total. The van der Waals surface area contributed by atoms with Crippen LogP contribution in [0.5, 0.6) is 5.75 Å². The number of ether oxygens (including phenoxy) is 1. The van der Waals surface area contributed by atoms with Gasteiger partial charge < -0.3 is 9.72 Å². The van der Waals surface area contributed by atoms with Gasteiger partial charge in [0.2, 0.25) is 0 Å². The van der Waals surface area contributed by atoms with E-state index in [4.69, 9.17) is 4.74 Å². The molecule has 0 aliphatic carbocycles. The van der Waals surface area contributed by atoms with Gasteiger partial charge in [-0.05, 0) is 41.1 Å². The third-order valence-electron chi connectivity index (χ3n) is 2.72. The summed E-state index contributed by atoms with van der Waals surface area (Å²) < 4.78 is 6.84. The van der Waals surface area contributed by atoms with Crippen molar-refractivity contribution in [3.05, 3.63) is 54.6 Å². The molecule has 1 heterocycles. The number of methoxy groups -OCH3 is 1. The van der Waals surface area contributed by atoms with Crippen LogP contribution in [0.4, 0.5) is 0 Å². The minimum absolute atomic E-state index is 0.00853. The Morgan fingerprint density at radius 2 is 2.13 bits per heavy atom. The highest BCUT2D eigenvalue weighted by molar-refractivity contribution is 9.11. The maximum Gasteiger partial charge on any atom is 0.345 e. The van der Waals surface area contributed by atoms with Crippen LogP contribution in [0.25, 0.3) is 0 Å². The fourth-order valence-corrected chi connectivity index (χ4v) is 3.23. The highest BCUT2D eigenvalue weighted by atomic mass is 79.9. The van der Waals surface area contributed by atoms with Crippen LogP contribution in [0.2, 0.25) is 0 Å². The van der Waals surface area contributed by atoms with Crippen molar-refractivity contribution in [3.8, 4) is 5.75 Å². The SMILES string of the molecule is COc1c(Br)cc(Br)cc1/C=N/NC(=O)c1cc(C)[nH]c(=O)n1. The zero-order valence-corrected chi connectivity index (χ0v) is 15.4. The summed E-state index contributed by atoms with van der Waals surface area (Å²) in [6.45, 7) is 1.66. The van der Waals surface area contributed by atoms with E-state index < -0.39 is 11.6 Å². The fraction of sp³-hybridized carbons (Fsp3) is 0.143. The third kappa shape index (κ3) is 4.49. The highest BCUT2D eigenvalue weighted by Crippen LogP contribution is 2.31. The van der Waals surface area contributed by atoms with Gasteiger partial charge in [0.05, 0.1) is 17.8 Å². The number of carbonyl (C=O) groups excluding carboxylic acids is 1. The van der Waals surface area contributed by atoms with Crippen molar-refractivity contribution in [2.24, 2.45) is 5.10 Å². The largest absolute Gasteiger partial charge is 0.495 e. The lowest BCUT2D eigenvalue weighted by molar-refractivity contribution is 0.0949. The number of hydrazone groups is 1. The van der Waals surface area contributed by atoms with Crippen LogP contribution in [-0.2, 0) is 0 Å². The van der Waals surface area contributed by atoms with Gasteiger partial charge in [0.1, 0.15) is 11.4 Å². The Balaban J connectivity index is 2.19. The first-order chi connectivity index (χ1) is 10.9. The number of H-pyrrole nitrogens is 1. The van der Waals surface area contributed by atoms with E-state index in [2.05, 4.69) is 52.4 Å². The van der Waals surface area contributed by atoms with Gasteiger partial charge in [-0.1, -0.05) is 15.9 Å². The molecule has 0 atom stereocenters. The van der Waals surface area contributed by atoms with Gasteiger partial charge in [-0.2, -0.15) is 10.1 Å². The Bertz CT molecular complexity index is 833. The number of carbonyl (C=O) groups is 1. The summed E-state index contributed by atoms with van der Waals surface area (Å²) in [6, 6.07) is 5.08. The van der Waals surface area contributed by atoms with Gasteiger partial charge in [-0.15, -0.1) is 0 Å². The zero-order valence-electron chi connectivity index (χ0n) is 12.2. The van der Waals surface area contributed by atoms with Gasteiger partial charge in [0.15, 0.2) is 0 Å². The molecule has 0 aliphatic heterocycles. The van der Waals surface area contributed by atoms with E-state index in [-0.39, 0.29) is 5.69 Å². The van der Waals surface area contributed by atoms with Crippen LogP contribution in [0.1, 0.15) is 21.7 Å². The molecule has 23 heavy (non-hydrogen) atoms. The summed E-state index contributed by atoms with van der Waals surface area (Å²) in [5.41, 5.74) is 2.92. The lowest BCUT2D eigenvalue weighted by atomic mass is 10.2. The predicted octanol–water partition coefficient (Wildman–Crippen LogP) is 2.38. The molecule has 1 aromatic carbocycles. The van der Waals surface area contributed by atoms with Crippen molar-refractivity contribution in [3.63, 3.8) is 0 Å². The summed E-state index contributed by atoms with van der Waals surface area (Å²) >= 11 is 6.75. The molecule has 2 aromatic rings. The fourth-order valence-electron chi connectivity index (χ4n) is 1.81. The zero-order chi connectivity index (χ0) is 17.0. The van der Waals surface area contributed by atoms with Crippen LogP contribution in [0, 0.1) is 6.92 Å². The molecule has 0 unspecified atom stereocenters.